The zero-order chi connectivity index (χ0) is 16.7. The number of ether oxygens (including phenoxy) is 1. The smallest absolute Gasteiger partial charge is 0.328 e. The molecule has 1 aliphatic heterocycles. The molecule has 0 aromatic heterocycles. The molecule has 1 aliphatic rings. The van der Waals surface area contributed by atoms with Gasteiger partial charge in [-0.1, -0.05) is 19.1 Å². The van der Waals surface area contributed by atoms with Gasteiger partial charge in [0.05, 0.1) is 6.61 Å². The maximum Gasteiger partial charge on any atom is 0.328 e. The molecule has 7 nitrogen and oxygen atoms in total. The molecule has 7 heteroatoms. The van der Waals surface area contributed by atoms with E-state index in [1.165, 1.54) is 11.8 Å². The summed E-state index contributed by atoms with van der Waals surface area (Å²) in [5, 5.41) is 4.03. The lowest BCUT2D eigenvalue weighted by Crippen LogP contribution is -2.56. The van der Waals surface area contributed by atoms with Gasteiger partial charge >= 0.3 is 6.03 Å². The summed E-state index contributed by atoms with van der Waals surface area (Å²) >= 11 is 0. The van der Waals surface area contributed by atoms with Gasteiger partial charge in [0.25, 0.3) is 0 Å². The summed E-state index contributed by atoms with van der Waals surface area (Å²) < 4.78 is 5.58. The number of hydrogen-bond acceptors (Lipinski definition) is 5. The van der Waals surface area contributed by atoms with Gasteiger partial charge in [-0.05, 0) is 24.1 Å². The normalized spacial score (nSPS) is 15.6. The number of benzene rings is 1. The van der Waals surface area contributed by atoms with Gasteiger partial charge in [0.15, 0.2) is 5.92 Å². The molecular formula is C16H19N3O4. The molecule has 0 unspecified atom stereocenters. The highest BCUT2D eigenvalue weighted by Crippen LogP contribution is 2.12. The molecule has 0 radical (unpaired) electrons. The molecule has 0 spiro atoms. The average Bonchev–Trinajstić information content (AvgIpc) is 2.53. The predicted octanol–water partition coefficient (Wildman–Crippen LogP) is 1.07. The topological polar surface area (TPSA) is 96.9 Å². The van der Waals surface area contributed by atoms with E-state index in [4.69, 9.17) is 4.74 Å². The van der Waals surface area contributed by atoms with Crippen molar-refractivity contribution >= 4 is 24.1 Å². The quantitative estimate of drug-likeness (QED) is 0.446. The lowest BCUT2D eigenvalue weighted by atomic mass is 10.1. The Labute approximate surface area is 134 Å². The fourth-order valence-electron chi connectivity index (χ4n) is 2.01. The SMILES string of the molecule is CCc1ccc(OCCCN=CC2C(=O)NC(=O)NC2=O)cc1. The summed E-state index contributed by atoms with van der Waals surface area (Å²) in [6.07, 6.45) is 2.90. The van der Waals surface area contributed by atoms with E-state index in [0.717, 1.165) is 12.2 Å². The third-order valence-electron chi connectivity index (χ3n) is 3.32. The van der Waals surface area contributed by atoms with Gasteiger partial charge in [-0.3, -0.25) is 25.2 Å². The fraction of sp³-hybridized carbons (Fsp3) is 0.375. The minimum atomic E-state index is -1.06. The van der Waals surface area contributed by atoms with Crippen molar-refractivity contribution in [3.63, 3.8) is 0 Å². The molecule has 122 valence electrons. The molecule has 0 atom stereocenters. The number of aliphatic imine (C=N–C) groups is 1. The Kier molecular flexibility index (Phi) is 5.85. The third kappa shape index (κ3) is 4.91. The second kappa shape index (κ2) is 8.07. The van der Waals surface area contributed by atoms with Crippen LogP contribution in [0.25, 0.3) is 0 Å². The average molecular weight is 317 g/mol. The zero-order valence-corrected chi connectivity index (χ0v) is 12.9. The Morgan fingerprint density at radius 3 is 2.39 bits per heavy atom. The molecule has 1 heterocycles. The van der Waals surface area contributed by atoms with Crippen LogP contribution in [0.3, 0.4) is 0 Å². The number of barbiturate groups is 1. The van der Waals surface area contributed by atoms with Crippen LogP contribution in [0.4, 0.5) is 4.79 Å². The van der Waals surface area contributed by atoms with Gasteiger partial charge in [0.2, 0.25) is 11.8 Å². The maximum absolute atomic E-state index is 11.5. The summed E-state index contributed by atoms with van der Waals surface area (Å²) in [7, 11) is 0. The third-order valence-corrected chi connectivity index (χ3v) is 3.32. The molecule has 1 fully saturated rings. The van der Waals surface area contributed by atoms with Gasteiger partial charge in [0.1, 0.15) is 5.75 Å². The Balaban J connectivity index is 1.69. The Morgan fingerprint density at radius 1 is 1.13 bits per heavy atom. The molecule has 1 saturated heterocycles. The van der Waals surface area contributed by atoms with Gasteiger partial charge in [-0.25, -0.2) is 4.79 Å². The van der Waals surface area contributed by atoms with Crippen LogP contribution in [-0.4, -0.2) is 37.2 Å². The highest BCUT2D eigenvalue weighted by Gasteiger charge is 2.32. The van der Waals surface area contributed by atoms with Gasteiger partial charge in [-0.15, -0.1) is 0 Å². The van der Waals surface area contributed by atoms with Crippen LogP contribution >= 0.6 is 0 Å². The summed E-state index contributed by atoms with van der Waals surface area (Å²) in [5.41, 5.74) is 1.25. The van der Waals surface area contributed by atoms with E-state index in [-0.39, 0.29) is 0 Å². The van der Waals surface area contributed by atoms with E-state index >= 15 is 0 Å². The minimum Gasteiger partial charge on any atom is -0.494 e. The van der Waals surface area contributed by atoms with Gasteiger partial charge in [-0.2, -0.15) is 0 Å². The Bertz CT molecular complexity index is 590. The molecular weight excluding hydrogens is 298 g/mol. The van der Waals surface area contributed by atoms with Crippen LogP contribution in [0, 0.1) is 5.92 Å². The fourth-order valence-corrected chi connectivity index (χ4v) is 2.01. The number of nitrogens with one attached hydrogen (secondary N) is 2. The predicted molar refractivity (Wildman–Crippen MR) is 84.5 cm³/mol. The van der Waals surface area contributed by atoms with Crippen LogP contribution in [0.1, 0.15) is 18.9 Å². The van der Waals surface area contributed by atoms with Crippen molar-refractivity contribution in [1.29, 1.82) is 0 Å². The molecule has 23 heavy (non-hydrogen) atoms. The summed E-state index contributed by atoms with van der Waals surface area (Å²) in [6, 6.07) is 7.10. The summed E-state index contributed by atoms with van der Waals surface area (Å²) in [4.78, 5) is 37.9. The van der Waals surface area contributed by atoms with E-state index in [1.807, 2.05) is 34.9 Å². The molecule has 0 bridgehead atoms. The molecule has 0 aliphatic carbocycles. The first-order valence-corrected chi connectivity index (χ1v) is 7.47. The maximum atomic E-state index is 11.5. The number of nitrogens with zero attached hydrogens (tertiary/aromatic N) is 1. The molecule has 4 amide bonds. The molecule has 0 saturated carbocycles. The highest BCUT2D eigenvalue weighted by molar-refractivity contribution is 6.23. The largest absolute Gasteiger partial charge is 0.494 e. The van der Waals surface area contributed by atoms with Crippen LogP contribution in [-0.2, 0) is 16.0 Å². The van der Waals surface area contributed by atoms with E-state index in [1.54, 1.807) is 0 Å². The molecule has 1 aromatic carbocycles. The second-order valence-electron chi connectivity index (χ2n) is 5.04. The second-order valence-corrected chi connectivity index (χ2v) is 5.04. The van der Waals surface area contributed by atoms with Crippen LogP contribution in [0.5, 0.6) is 5.75 Å². The standard InChI is InChI=1S/C16H19N3O4/c1-2-11-4-6-12(7-5-11)23-9-3-8-17-10-13-14(20)18-16(22)19-15(13)21/h4-7,10,13H,2-3,8-9H2,1H3,(H2,18,19,20,21,22). The monoisotopic (exact) mass is 317 g/mol. The number of carbonyl (C=O) groups excluding carboxylic acids is 3. The van der Waals surface area contributed by atoms with E-state index in [0.29, 0.717) is 19.6 Å². The number of imide groups is 2. The van der Waals surface area contributed by atoms with Crippen molar-refractivity contribution in [2.75, 3.05) is 13.2 Å². The van der Waals surface area contributed by atoms with Crippen molar-refractivity contribution in [1.82, 2.24) is 10.6 Å². The first kappa shape index (κ1) is 16.7. The number of hydrogen-bond donors (Lipinski definition) is 2. The van der Waals surface area contributed by atoms with Crippen LogP contribution in [0.15, 0.2) is 29.3 Å². The lowest BCUT2D eigenvalue weighted by Gasteiger charge is -2.16. The number of aryl methyl sites for hydroxylation is 1. The van der Waals surface area contributed by atoms with E-state index in [9.17, 15) is 14.4 Å². The number of urea groups is 1. The first-order valence-electron chi connectivity index (χ1n) is 7.47. The van der Waals surface area contributed by atoms with Crippen molar-refractivity contribution in [3.8, 4) is 5.75 Å². The summed E-state index contributed by atoms with van der Waals surface area (Å²) in [6.45, 7) is 3.01. The number of carbonyl (C=O) groups is 3. The summed E-state index contributed by atoms with van der Waals surface area (Å²) in [5.74, 6) is -1.57. The van der Waals surface area contributed by atoms with Crippen molar-refractivity contribution < 1.29 is 19.1 Å². The van der Waals surface area contributed by atoms with Crippen LogP contribution in [0.2, 0.25) is 0 Å². The van der Waals surface area contributed by atoms with Crippen molar-refractivity contribution in [2.24, 2.45) is 10.9 Å². The molecule has 2 rings (SSSR count). The lowest BCUT2D eigenvalue weighted by molar-refractivity contribution is -0.132. The highest BCUT2D eigenvalue weighted by atomic mass is 16.5. The van der Waals surface area contributed by atoms with Gasteiger partial charge in [0, 0.05) is 19.2 Å². The molecule has 1 aromatic rings. The van der Waals surface area contributed by atoms with Crippen molar-refractivity contribution in [2.45, 2.75) is 19.8 Å². The van der Waals surface area contributed by atoms with Gasteiger partial charge < -0.3 is 4.74 Å². The van der Waals surface area contributed by atoms with E-state index in [2.05, 4.69) is 11.9 Å². The van der Waals surface area contributed by atoms with Crippen molar-refractivity contribution in [3.05, 3.63) is 29.8 Å². The first-order chi connectivity index (χ1) is 11.1. The van der Waals surface area contributed by atoms with Crippen LogP contribution < -0.4 is 15.4 Å². The number of rotatable bonds is 7. The Hall–Kier alpha value is -2.70. The Morgan fingerprint density at radius 2 is 1.78 bits per heavy atom. The molecule has 2 N–H and O–H groups in total. The van der Waals surface area contributed by atoms with E-state index < -0.39 is 23.8 Å². The zero-order valence-electron chi connectivity index (χ0n) is 12.9. The number of amides is 4. The minimum absolute atomic E-state index is 0.429.